The van der Waals surface area contributed by atoms with Crippen LogP contribution in [-0.4, -0.2) is 19.1 Å². The van der Waals surface area contributed by atoms with E-state index in [1.165, 1.54) is 29.7 Å². The van der Waals surface area contributed by atoms with Crippen molar-refractivity contribution in [2.24, 2.45) is 0 Å². The topological polar surface area (TPSA) is 44.4 Å². The number of benzene rings is 2. The van der Waals surface area contributed by atoms with E-state index in [4.69, 9.17) is 0 Å². The van der Waals surface area contributed by atoms with Gasteiger partial charge in [0.1, 0.15) is 0 Å². The summed E-state index contributed by atoms with van der Waals surface area (Å²) in [6, 6.07) is 16.5. The van der Waals surface area contributed by atoms with Gasteiger partial charge in [0.25, 0.3) is 0 Å². The Morgan fingerprint density at radius 3 is 2.20 bits per heavy atom. The van der Waals surface area contributed by atoms with Gasteiger partial charge >= 0.3 is 6.03 Å². The monoisotopic (exact) mass is 335 g/mol. The van der Waals surface area contributed by atoms with E-state index in [2.05, 4.69) is 58.9 Å². The van der Waals surface area contributed by atoms with E-state index < -0.39 is 0 Å². The Kier molecular flexibility index (Phi) is 4.12. The molecule has 4 heteroatoms. The molecule has 0 spiro atoms. The maximum Gasteiger partial charge on any atom is 0.319 e. The van der Waals surface area contributed by atoms with Gasteiger partial charge in [0.15, 0.2) is 0 Å². The summed E-state index contributed by atoms with van der Waals surface area (Å²) in [6.07, 6.45) is 4.53. The first kappa shape index (κ1) is 16.0. The van der Waals surface area contributed by atoms with Crippen molar-refractivity contribution in [2.75, 3.05) is 23.3 Å². The molecule has 1 aliphatic heterocycles. The molecule has 2 N–H and O–H groups in total. The predicted molar refractivity (Wildman–Crippen MR) is 102 cm³/mol. The van der Waals surface area contributed by atoms with Gasteiger partial charge in [0.05, 0.1) is 5.54 Å². The third-order valence-corrected chi connectivity index (χ3v) is 5.30. The second kappa shape index (κ2) is 6.43. The molecule has 0 unspecified atom stereocenters. The molecule has 2 aliphatic rings. The molecule has 130 valence electrons. The highest BCUT2D eigenvalue weighted by Gasteiger charge is 2.45. The lowest BCUT2D eigenvalue weighted by Gasteiger charge is -2.20. The summed E-state index contributed by atoms with van der Waals surface area (Å²) >= 11 is 0. The maximum atomic E-state index is 12.4. The number of hydrogen-bond donors (Lipinski definition) is 2. The number of carbonyl (C=O) groups excluding carboxylic acids is 1. The van der Waals surface area contributed by atoms with Crippen molar-refractivity contribution in [1.29, 1.82) is 0 Å². The number of anilines is 2. The highest BCUT2D eigenvalue weighted by molar-refractivity contribution is 5.90. The average molecular weight is 335 g/mol. The number of hydrogen-bond acceptors (Lipinski definition) is 2. The van der Waals surface area contributed by atoms with E-state index in [0.717, 1.165) is 31.6 Å². The molecular formula is C21H25N3O. The van der Waals surface area contributed by atoms with Crippen LogP contribution in [-0.2, 0) is 5.54 Å². The Morgan fingerprint density at radius 2 is 1.60 bits per heavy atom. The van der Waals surface area contributed by atoms with Crippen LogP contribution >= 0.6 is 0 Å². The molecule has 2 amide bonds. The Bertz CT molecular complexity index is 742. The van der Waals surface area contributed by atoms with Crippen molar-refractivity contribution in [3.63, 3.8) is 0 Å². The molecule has 1 saturated carbocycles. The lowest BCUT2D eigenvalue weighted by molar-refractivity contribution is 0.247. The van der Waals surface area contributed by atoms with Gasteiger partial charge in [-0.3, -0.25) is 0 Å². The standard InChI is InChI=1S/C21H25N3O/c1-16-4-6-17(7-5-16)21(12-13-21)23-20(25)22-18-8-10-19(11-9-18)24-14-2-3-15-24/h4-11H,2-3,12-15H2,1H3,(H2,22,23,25). The highest BCUT2D eigenvalue weighted by atomic mass is 16.2. The number of amides is 2. The highest BCUT2D eigenvalue weighted by Crippen LogP contribution is 2.45. The van der Waals surface area contributed by atoms with Gasteiger partial charge in [-0.2, -0.15) is 0 Å². The first-order valence-electron chi connectivity index (χ1n) is 9.16. The molecule has 0 aromatic heterocycles. The maximum absolute atomic E-state index is 12.4. The van der Waals surface area contributed by atoms with E-state index in [9.17, 15) is 4.79 Å². The van der Waals surface area contributed by atoms with Gasteiger partial charge in [0, 0.05) is 24.5 Å². The summed E-state index contributed by atoms with van der Waals surface area (Å²) < 4.78 is 0. The van der Waals surface area contributed by atoms with Crippen LogP contribution in [0.5, 0.6) is 0 Å². The van der Waals surface area contributed by atoms with Crippen LogP contribution in [0.25, 0.3) is 0 Å². The third-order valence-electron chi connectivity index (χ3n) is 5.30. The molecular weight excluding hydrogens is 310 g/mol. The molecule has 4 rings (SSSR count). The van der Waals surface area contributed by atoms with Crippen molar-refractivity contribution in [3.8, 4) is 0 Å². The molecule has 25 heavy (non-hydrogen) atoms. The molecule has 2 fully saturated rings. The predicted octanol–water partition coefficient (Wildman–Crippen LogP) is 4.41. The Labute approximate surface area is 149 Å². The van der Waals surface area contributed by atoms with Crippen LogP contribution in [0.3, 0.4) is 0 Å². The van der Waals surface area contributed by atoms with Gasteiger partial charge in [-0.05, 0) is 62.4 Å². The van der Waals surface area contributed by atoms with Crippen molar-refractivity contribution in [3.05, 3.63) is 59.7 Å². The summed E-state index contributed by atoms with van der Waals surface area (Å²) in [5.41, 5.74) is 4.31. The minimum atomic E-state index is -0.187. The summed E-state index contributed by atoms with van der Waals surface area (Å²) in [4.78, 5) is 14.8. The number of aryl methyl sites for hydroxylation is 1. The molecule has 0 atom stereocenters. The number of nitrogens with zero attached hydrogens (tertiary/aromatic N) is 1. The van der Waals surface area contributed by atoms with Gasteiger partial charge in [0.2, 0.25) is 0 Å². The number of rotatable bonds is 4. The van der Waals surface area contributed by atoms with Crippen LogP contribution in [0.4, 0.5) is 16.2 Å². The fourth-order valence-electron chi connectivity index (χ4n) is 3.59. The third kappa shape index (κ3) is 3.48. The largest absolute Gasteiger partial charge is 0.372 e. The van der Waals surface area contributed by atoms with Crippen LogP contribution in [0.15, 0.2) is 48.5 Å². The van der Waals surface area contributed by atoms with Crippen molar-refractivity contribution in [1.82, 2.24) is 5.32 Å². The number of urea groups is 1. The second-order valence-electron chi connectivity index (χ2n) is 7.27. The van der Waals surface area contributed by atoms with Gasteiger partial charge in [-0.1, -0.05) is 29.8 Å². The molecule has 4 nitrogen and oxygen atoms in total. The van der Waals surface area contributed by atoms with Crippen molar-refractivity contribution in [2.45, 2.75) is 38.1 Å². The average Bonchev–Trinajstić information content (AvgIpc) is 3.18. The molecule has 1 heterocycles. The van der Waals surface area contributed by atoms with Crippen LogP contribution in [0, 0.1) is 6.92 Å². The minimum Gasteiger partial charge on any atom is -0.372 e. The van der Waals surface area contributed by atoms with E-state index in [0.29, 0.717) is 0 Å². The number of carbonyl (C=O) groups is 1. The smallest absolute Gasteiger partial charge is 0.319 e. The second-order valence-corrected chi connectivity index (χ2v) is 7.27. The van der Waals surface area contributed by atoms with Gasteiger partial charge < -0.3 is 15.5 Å². The molecule has 0 bridgehead atoms. The van der Waals surface area contributed by atoms with Crippen LogP contribution in [0.2, 0.25) is 0 Å². The lowest BCUT2D eigenvalue weighted by atomic mass is 10.0. The summed E-state index contributed by atoms with van der Waals surface area (Å²) in [6.45, 7) is 4.34. The summed E-state index contributed by atoms with van der Waals surface area (Å²) in [7, 11) is 0. The van der Waals surface area contributed by atoms with E-state index in [-0.39, 0.29) is 11.6 Å². The molecule has 1 aliphatic carbocycles. The summed E-state index contributed by atoms with van der Waals surface area (Å²) in [5.74, 6) is 0. The SMILES string of the molecule is Cc1ccc(C2(NC(=O)Nc3ccc(N4CCCC4)cc3)CC2)cc1. The van der Waals surface area contributed by atoms with E-state index in [1.54, 1.807) is 0 Å². The number of nitrogens with one attached hydrogen (secondary N) is 2. The molecule has 2 aromatic carbocycles. The quantitative estimate of drug-likeness (QED) is 0.869. The molecule has 2 aromatic rings. The Balaban J connectivity index is 1.38. The minimum absolute atomic E-state index is 0.132. The van der Waals surface area contributed by atoms with Crippen LogP contribution < -0.4 is 15.5 Å². The van der Waals surface area contributed by atoms with Crippen molar-refractivity contribution >= 4 is 17.4 Å². The lowest BCUT2D eigenvalue weighted by Crippen LogP contribution is -2.38. The fourth-order valence-corrected chi connectivity index (χ4v) is 3.59. The van der Waals surface area contributed by atoms with Gasteiger partial charge in [-0.15, -0.1) is 0 Å². The first-order valence-corrected chi connectivity index (χ1v) is 9.16. The van der Waals surface area contributed by atoms with Crippen LogP contribution in [0.1, 0.15) is 36.8 Å². The Morgan fingerprint density at radius 1 is 0.960 bits per heavy atom. The Hall–Kier alpha value is -2.49. The van der Waals surface area contributed by atoms with Crippen molar-refractivity contribution < 1.29 is 4.79 Å². The zero-order valence-corrected chi connectivity index (χ0v) is 14.7. The molecule has 0 radical (unpaired) electrons. The molecule has 1 saturated heterocycles. The fraction of sp³-hybridized carbons (Fsp3) is 0.381. The zero-order chi connectivity index (χ0) is 17.3. The summed E-state index contributed by atoms with van der Waals surface area (Å²) in [5, 5.41) is 6.13. The zero-order valence-electron chi connectivity index (χ0n) is 14.7. The normalized spacial score (nSPS) is 18.0. The van der Waals surface area contributed by atoms with E-state index in [1.807, 2.05) is 12.1 Å². The first-order chi connectivity index (χ1) is 12.1. The van der Waals surface area contributed by atoms with E-state index >= 15 is 0 Å². The van der Waals surface area contributed by atoms with Gasteiger partial charge in [-0.25, -0.2) is 4.79 Å².